The number of halogens is 2. The van der Waals surface area contributed by atoms with Gasteiger partial charge < -0.3 is 24.6 Å². The number of carbonyl (C=O) groups is 3. The average Bonchev–Trinajstić information content (AvgIpc) is 4.18. The maximum absolute atomic E-state index is 14.3. The number of anilines is 2. The second kappa shape index (κ2) is 18.2. The molecule has 5 saturated heterocycles. The van der Waals surface area contributed by atoms with Gasteiger partial charge in [-0.2, -0.15) is 10.2 Å². The summed E-state index contributed by atoms with van der Waals surface area (Å²) in [5.41, 5.74) is 2.44. The standard InChI is InChI=1S/C47H58F2N12O6/c1-55-42-29(3-2-4-37(42)61(47(55)65)38-9-10-40(62)53-46(38)64)24-57-18-13-33(14-19-57)67-32-11-16-56(17-12-32)23-28-5-7-30(8-6-28)60-26-36(41(54-60)43(48)49)51-45(63)35-22-50-59-20-15-39(52-44(35)59)58-25-34-21-31(58)27-66-34/h2-4,15,20,22,26,28,30-34,38,43H,5-14,16-19,21,23-25,27H2,1H3,(H,51,63)(H,53,62,64)/t28?,30?,31-,34-,38?/m1/s1. The number of hydrogen-bond donors (Lipinski definition) is 2. The zero-order valence-electron chi connectivity index (χ0n) is 37.8. The number of nitrogens with zero attached hydrogens (tertiary/aromatic N) is 10. The minimum atomic E-state index is -2.85. The first-order valence-electron chi connectivity index (χ1n) is 24.1. The number of carbonyl (C=O) groups excluding carboxylic acids is 3. The van der Waals surface area contributed by atoms with Crippen LogP contribution >= 0.6 is 0 Å². The van der Waals surface area contributed by atoms with Gasteiger partial charge in [0, 0.05) is 71.7 Å². The van der Waals surface area contributed by atoms with Crippen molar-refractivity contribution in [3.63, 3.8) is 0 Å². The molecule has 67 heavy (non-hydrogen) atoms. The van der Waals surface area contributed by atoms with Crippen molar-refractivity contribution in [1.82, 2.24) is 48.6 Å². The molecule has 1 aromatic carbocycles. The predicted molar refractivity (Wildman–Crippen MR) is 242 cm³/mol. The van der Waals surface area contributed by atoms with Crippen molar-refractivity contribution < 1.29 is 32.6 Å². The van der Waals surface area contributed by atoms with E-state index in [1.54, 1.807) is 33.3 Å². The Hall–Kier alpha value is -5.57. The monoisotopic (exact) mass is 924 g/mol. The molecule has 2 N–H and O–H groups in total. The Balaban J connectivity index is 0.632. The van der Waals surface area contributed by atoms with E-state index >= 15 is 0 Å². The van der Waals surface area contributed by atoms with Gasteiger partial charge >= 0.3 is 5.69 Å². The lowest BCUT2D eigenvalue weighted by molar-refractivity contribution is -0.135. The highest BCUT2D eigenvalue weighted by molar-refractivity contribution is 6.08. The number of amides is 3. The topological polar surface area (TPSA) is 178 Å². The molecule has 4 aromatic heterocycles. The number of imidazole rings is 1. The molecular formula is C47H58F2N12O6. The number of alkyl halides is 2. The number of ether oxygens (including phenoxy) is 2. The van der Waals surface area contributed by atoms with Crippen molar-refractivity contribution in [1.29, 1.82) is 0 Å². The molecule has 11 rings (SSSR count). The number of aromatic nitrogens is 7. The smallest absolute Gasteiger partial charge is 0.329 e. The van der Waals surface area contributed by atoms with Gasteiger partial charge in [0.05, 0.1) is 59.9 Å². The molecule has 5 aromatic rings. The maximum atomic E-state index is 14.3. The Kier molecular flexibility index (Phi) is 11.9. The minimum absolute atomic E-state index is 0.00528. The van der Waals surface area contributed by atoms with Crippen LogP contribution < -0.4 is 21.2 Å². The van der Waals surface area contributed by atoms with Gasteiger partial charge in [0.15, 0.2) is 11.3 Å². The second-order valence-electron chi connectivity index (χ2n) is 19.5. The van der Waals surface area contributed by atoms with Crippen LogP contribution in [-0.2, 0) is 32.7 Å². The van der Waals surface area contributed by atoms with Crippen molar-refractivity contribution in [3.8, 4) is 0 Å². The van der Waals surface area contributed by atoms with Crippen LogP contribution in [0.25, 0.3) is 16.7 Å². The van der Waals surface area contributed by atoms with Gasteiger partial charge in [-0.05, 0) is 87.8 Å². The highest BCUT2D eigenvalue weighted by Gasteiger charge is 2.40. The molecule has 9 heterocycles. The summed E-state index contributed by atoms with van der Waals surface area (Å²) in [6.07, 6.45) is 11.4. The maximum Gasteiger partial charge on any atom is 0.329 e. The average molecular weight is 925 g/mol. The predicted octanol–water partition coefficient (Wildman–Crippen LogP) is 4.60. The third-order valence-electron chi connectivity index (χ3n) is 15.3. The normalized spacial score (nSPS) is 25.9. The summed E-state index contributed by atoms with van der Waals surface area (Å²) in [6, 6.07) is 7.25. The van der Waals surface area contributed by atoms with Crippen LogP contribution in [0.5, 0.6) is 0 Å². The zero-order valence-corrected chi connectivity index (χ0v) is 37.8. The lowest BCUT2D eigenvalue weighted by Gasteiger charge is -2.39. The van der Waals surface area contributed by atoms with Crippen LogP contribution in [-0.4, -0.2) is 131 Å². The molecule has 1 aliphatic carbocycles. The lowest BCUT2D eigenvalue weighted by atomic mass is 9.85. The van der Waals surface area contributed by atoms with Crippen LogP contribution in [0, 0.1) is 5.92 Å². The van der Waals surface area contributed by atoms with Gasteiger partial charge in [0.1, 0.15) is 17.4 Å². The van der Waals surface area contributed by atoms with E-state index in [4.69, 9.17) is 14.5 Å². The number of nitrogens with one attached hydrogen (secondary N) is 2. The van der Waals surface area contributed by atoms with E-state index in [0.717, 1.165) is 114 Å². The van der Waals surface area contributed by atoms with E-state index < -0.39 is 30.0 Å². The summed E-state index contributed by atoms with van der Waals surface area (Å²) >= 11 is 0. The third kappa shape index (κ3) is 8.65. The Morgan fingerprint density at radius 2 is 1.72 bits per heavy atom. The van der Waals surface area contributed by atoms with Gasteiger partial charge in [-0.15, -0.1) is 0 Å². The van der Waals surface area contributed by atoms with Crippen LogP contribution in [0.1, 0.15) is 111 Å². The molecule has 6 aliphatic rings. The lowest BCUT2D eigenvalue weighted by Crippen LogP contribution is -2.44. The van der Waals surface area contributed by atoms with E-state index in [1.807, 2.05) is 18.2 Å². The zero-order chi connectivity index (χ0) is 45.9. The number of likely N-dealkylation sites (tertiary alicyclic amines) is 2. The Bertz CT molecular complexity index is 2730. The number of aryl methyl sites for hydroxylation is 1. The first-order valence-corrected chi connectivity index (χ1v) is 24.1. The number of fused-ring (bicyclic) bond motifs is 4. The minimum Gasteiger partial charge on any atom is -0.375 e. The summed E-state index contributed by atoms with van der Waals surface area (Å²) < 4.78 is 47.4. The fraction of sp³-hybridized carbons (Fsp3) is 0.596. The molecule has 20 heteroatoms. The quantitative estimate of drug-likeness (QED) is 0.167. The number of para-hydroxylation sites is 1. The molecule has 2 bridgehead atoms. The van der Waals surface area contributed by atoms with Crippen molar-refractivity contribution in [2.75, 3.05) is 56.1 Å². The van der Waals surface area contributed by atoms with Crippen LogP contribution in [0.4, 0.5) is 20.3 Å². The second-order valence-corrected chi connectivity index (χ2v) is 19.5. The SMILES string of the molecule is Cn1c(=O)n(C2CCC(=O)NC2=O)c2cccc(CN3CCC(OC4CCN(CC5CCC(n6cc(NC(=O)c7cnn8ccc(N9C[C@H]%10C[C@@H]9CO%10)nc78)c(C(F)F)n6)CC5)CC4)CC3)c21. The van der Waals surface area contributed by atoms with E-state index in [1.165, 1.54) is 10.7 Å². The van der Waals surface area contributed by atoms with Crippen molar-refractivity contribution in [2.24, 2.45) is 13.0 Å². The molecule has 5 aliphatic heterocycles. The van der Waals surface area contributed by atoms with Gasteiger partial charge in [-0.3, -0.25) is 38.4 Å². The molecular weight excluding hydrogens is 867 g/mol. The molecule has 0 radical (unpaired) electrons. The van der Waals surface area contributed by atoms with Gasteiger partial charge in [-0.25, -0.2) is 23.1 Å². The van der Waals surface area contributed by atoms with Crippen molar-refractivity contribution in [3.05, 3.63) is 70.2 Å². The van der Waals surface area contributed by atoms with E-state index in [-0.39, 0.29) is 59.7 Å². The summed E-state index contributed by atoms with van der Waals surface area (Å²) in [4.78, 5) is 63.4. The fourth-order valence-corrected chi connectivity index (χ4v) is 11.7. The van der Waals surface area contributed by atoms with Gasteiger partial charge in [0.25, 0.3) is 12.3 Å². The molecule has 0 spiro atoms. The Morgan fingerprint density at radius 1 is 0.955 bits per heavy atom. The van der Waals surface area contributed by atoms with E-state index in [0.29, 0.717) is 36.7 Å². The number of benzene rings is 1. The van der Waals surface area contributed by atoms with Crippen molar-refractivity contribution in [2.45, 2.75) is 120 Å². The van der Waals surface area contributed by atoms with E-state index in [9.17, 15) is 28.0 Å². The molecule has 1 unspecified atom stereocenters. The molecule has 356 valence electrons. The van der Waals surface area contributed by atoms with Gasteiger partial charge in [0.2, 0.25) is 11.8 Å². The fourth-order valence-electron chi connectivity index (χ4n) is 11.7. The number of morpholine rings is 1. The summed E-state index contributed by atoms with van der Waals surface area (Å²) in [5, 5.41) is 13.7. The number of imide groups is 1. The number of piperidine rings is 3. The van der Waals surface area contributed by atoms with Crippen molar-refractivity contribution >= 4 is 45.9 Å². The third-order valence-corrected chi connectivity index (χ3v) is 15.3. The molecule has 3 atom stereocenters. The first-order chi connectivity index (χ1) is 32.5. The Labute approximate surface area is 385 Å². The largest absolute Gasteiger partial charge is 0.375 e. The first kappa shape index (κ1) is 44.0. The summed E-state index contributed by atoms with van der Waals surface area (Å²) in [6.45, 7) is 6.84. The summed E-state index contributed by atoms with van der Waals surface area (Å²) in [7, 11) is 1.75. The Morgan fingerprint density at radius 3 is 2.42 bits per heavy atom. The highest BCUT2D eigenvalue weighted by atomic mass is 19.3. The van der Waals surface area contributed by atoms with Crippen LogP contribution in [0.15, 0.2) is 47.7 Å². The van der Waals surface area contributed by atoms with Crippen LogP contribution in [0.3, 0.4) is 0 Å². The summed E-state index contributed by atoms with van der Waals surface area (Å²) in [5.74, 6) is -0.0441. The van der Waals surface area contributed by atoms with Crippen LogP contribution in [0.2, 0.25) is 0 Å². The molecule has 3 amide bonds. The highest BCUT2D eigenvalue weighted by Crippen LogP contribution is 2.37. The van der Waals surface area contributed by atoms with E-state index in [2.05, 4.69) is 41.6 Å². The molecule has 6 fully saturated rings. The number of rotatable bonds is 12. The van der Waals surface area contributed by atoms with Gasteiger partial charge in [-0.1, -0.05) is 12.1 Å². The molecule has 1 saturated carbocycles. The molecule has 18 nitrogen and oxygen atoms in total. The number of hydrogen-bond acceptors (Lipinski definition) is 12.